The van der Waals surface area contributed by atoms with Crippen LogP contribution in [0.1, 0.15) is 317 Å². The molecule has 4 unspecified atom stereocenters. The van der Waals surface area contributed by atoms with E-state index < -0.39 is 45.9 Å². The Hall–Kier alpha value is -0.500. The quantitative estimate of drug-likeness (QED) is 0.0260. The molecule has 13 heteroatoms. The third kappa shape index (κ3) is 45.7. The lowest BCUT2D eigenvalue weighted by molar-refractivity contribution is -0.301. The maximum Gasteiger partial charge on any atom is 0.332 e. The van der Waals surface area contributed by atoms with E-state index in [1.807, 2.05) is 0 Å². The summed E-state index contributed by atoms with van der Waals surface area (Å²) in [6, 6.07) is 0. The van der Waals surface area contributed by atoms with Crippen LogP contribution in [0.5, 0.6) is 0 Å². The molecular formula is C64H128NO11P. The van der Waals surface area contributed by atoms with Gasteiger partial charge in [0, 0.05) is 13.0 Å². The molecule has 1 aliphatic heterocycles. The molecule has 0 spiro atoms. The molecule has 4 N–H and O–H groups in total. The molecule has 0 bridgehead atoms. The predicted molar refractivity (Wildman–Crippen MR) is 321 cm³/mol. The number of rotatable bonds is 61. The van der Waals surface area contributed by atoms with Crippen molar-refractivity contribution in [3.05, 3.63) is 0 Å². The summed E-state index contributed by atoms with van der Waals surface area (Å²) in [6.07, 6.45) is 47.9. The molecule has 77 heavy (non-hydrogen) atoms. The van der Waals surface area contributed by atoms with Gasteiger partial charge in [0.05, 0.1) is 32.5 Å². The van der Waals surface area contributed by atoms with Crippen molar-refractivity contribution in [2.24, 2.45) is 0 Å². The summed E-state index contributed by atoms with van der Waals surface area (Å²) >= 11 is 0. The molecule has 0 aromatic rings. The molecule has 6 atom stereocenters. The highest BCUT2D eigenvalue weighted by molar-refractivity contribution is 7.41. The van der Waals surface area contributed by atoms with Crippen LogP contribution in [-0.2, 0) is 32.6 Å². The van der Waals surface area contributed by atoms with Gasteiger partial charge in [-0.1, -0.05) is 246 Å². The summed E-state index contributed by atoms with van der Waals surface area (Å²) in [5, 5.41) is 40.3. The van der Waals surface area contributed by atoms with Crippen molar-refractivity contribution in [3.63, 3.8) is 0 Å². The molecule has 460 valence electrons. The fraction of sp³-hybridized carbons (Fsp3) is 0.984. The van der Waals surface area contributed by atoms with E-state index in [-0.39, 0.29) is 12.1 Å². The van der Waals surface area contributed by atoms with Gasteiger partial charge in [0.15, 0.2) is 6.29 Å². The Morgan fingerprint density at radius 2 is 0.805 bits per heavy atom. The summed E-state index contributed by atoms with van der Waals surface area (Å²) in [5.41, 5.74) is 0. The van der Waals surface area contributed by atoms with Crippen molar-refractivity contribution in [1.29, 1.82) is 0 Å². The van der Waals surface area contributed by atoms with E-state index in [1.54, 1.807) is 0 Å². The van der Waals surface area contributed by atoms with Crippen molar-refractivity contribution in [1.82, 2.24) is 4.90 Å². The first-order valence-corrected chi connectivity index (χ1v) is 34.4. The Kier molecular flexibility index (Phi) is 55.5. The predicted octanol–water partition coefficient (Wildman–Crippen LogP) is 16.9. The van der Waals surface area contributed by atoms with Crippen LogP contribution in [0.4, 0.5) is 0 Å². The van der Waals surface area contributed by atoms with Gasteiger partial charge in [-0.15, -0.1) is 0 Å². The molecule has 0 saturated carbocycles. The lowest BCUT2D eigenvalue weighted by Crippen LogP contribution is -2.59. The average Bonchev–Trinajstić information content (AvgIpc) is 3.44. The number of hydrogen-bond donors (Lipinski definition) is 4. The maximum atomic E-state index is 12.3. The van der Waals surface area contributed by atoms with Crippen LogP contribution in [0.25, 0.3) is 0 Å². The molecule has 0 radical (unpaired) electrons. The average molecular weight is 1120 g/mol. The van der Waals surface area contributed by atoms with E-state index >= 15 is 0 Å². The Balaban J connectivity index is 2.62. The van der Waals surface area contributed by atoms with Crippen LogP contribution in [0.2, 0.25) is 0 Å². The lowest BCUT2D eigenvalue weighted by atomic mass is 9.99. The maximum absolute atomic E-state index is 12.3. The highest BCUT2D eigenvalue weighted by Crippen LogP contribution is 2.43. The molecule has 1 aliphatic rings. The monoisotopic (exact) mass is 1120 g/mol. The number of aliphatic hydroxyl groups excluding tert-OH is 4. The van der Waals surface area contributed by atoms with E-state index in [1.165, 1.54) is 186 Å². The van der Waals surface area contributed by atoms with Crippen LogP contribution >= 0.6 is 8.60 Å². The van der Waals surface area contributed by atoms with Crippen molar-refractivity contribution < 1.29 is 53.0 Å². The summed E-state index contributed by atoms with van der Waals surface area (Å²) in [5.74, 6) is -0.0484. The van der Waals surface area contributed by atoms with Gasteiger partial charge in [0.2, 0.25) is 0 Å². The molecular weight excluding hydrogens is 990 g/mol. The van der Waals surface area contributed by atoms with Gasteiger partial charge in [-0.25, -0.2) is 0 Å². The van der Waals surface area contributed by atoms with Crippen LogP contribution in [-0.4, -0.2) is 121 Å². The summed E-state index contributed by atoms with van der Waals surface area (Å²) < 4.78 is 36.6. The van der Waals surface area contributed by atoms with Gasteiger partial charge in [0.25, 0.3) is 0 Å². The third-order valence-electron chi connectivity index (χ3n) is 15.6. The minimum Gasteiger partial charge on any atom is -0.466 e. The summed E-state index contributed by atoms with van der Waals surface area (Å²) in [4.78, 5) is 14.9. The number of nitrogens with zero attached hydrogens (tertiary/aromatic N) is 1. The van der Waals surface area contributed by atoms with Crippen LogP contribution in [0.3, 0.4) is 0 Å². The van der Waals surface area contributed by atoms with Crippen LogP contribution < -0.4 is 0 Å². The van der Waals surface area contributed by atoms with Gasteiger partial charge in [-0.2, -0.15) is 0 Å². The smallest absolute Gasteiger partial charge is 0.332 e. The molecule has 1 saturated heterocycles. The first-order chi connectivity index (χ1) is 37.8. The molecule has 0 aliphatic carbocycles. The van der Waals surface area contributed by atoms with E-state index in [9.17, 15) is 25.2 Å². The van der Waals surface area contributed by atoms with Crippen molar-refractivity contribution >= 4 is 14.6 Å². The first kappa shape index (κ1) is 74.5. The Labute approximate surface area is 476 Å². The SMILES string of the molecule is CCCCCCCCCCCOC(=O)CCCCCCCN(CCCCCCCOP(OCCCCCCCCCCC)OC(CCCCCCCC)CCCCCCCC)CCCCO[C@H]1OC(CO)[C@@H](O)C(O)C1O. The Bertz CT molecular complexity index is 1190. The van der Waals surface area contributed by atoms with Gasteiger partial charge in [-0.05, 0) is 83.8 Å². The zero-order valence-corrected chi connectivity index (χ0v) is 51.9. The number of hydrogen-bond acceptors (Lipinski definition) is 12. The summed E-state index contributed by atoms with van der Waals surface area (Å²) in [7, 11) is -1.36. The van der Waals surface area contributed by atoms with E-state index in [2.05, 4.69) is 32.6 Å². The van der Waals surface area contributed by atoms with Crippen molar-refractivity contribution in [2.45, 2.75) is 353 Å². The van der Waals surface area contributed by atoms with Gasteiger partial charge < -0.3 is 53.1 Å². The van der Waals surface area contributed by atoms with E-state index in [0.717, 1.165) is 123 Å². The Morgan fingerprint density at radius 3 is 1.25 bits per heavy atom. The first-order valence-electron chi connectivity index (χ1n) is 33.3. The number of unbranched alkanes of at least 4 members (excludes halogenated alkanes) is 35. The van der Waals surface area contributed by atoms with Crippen LogP contribution in [0, 0.1) is 0 Å². The normalized spacial score (nSPS) is 18.3. The number of ether oxygens (including phenoxy) is 3. The topological polar surface area (TPSA) is 157 Å². The number of carbonyl (C=O) groups excluding carboxylic acids is 1. The molecule has 0 aromatic carbocycles. The summed E-state index contributed by atoms with van der Waals surface area (Å²) in [6.45, 7) is 14.0. The molecule has 0 aromatic heterocycles. The minimum atomic E-state index is -1.44. The van der Waals surface area contributed by atoms with Gasteiger partial charge in [0.1, 0.15) is 24.4 Å². The second-order valence-corrected chi connectivity index (χ2v) is 24.2. The number of esters is 1. The van der Waals surface area contributed by atoms with Gasteiger partial charge in [-0.3, -0.25) is 4.79 Å². The fourth-order valence-corrected chi connectivity index (χ4v) is 11.6. The molecule has 0 amide bonds. The van der Waals surface area contributed by atoms with E-state index in [0.29, 0.717) is 26.2 Å². The second-order valence-electron chi connectivity index (χ2n) is 23.0. The van der Waals surface area contributed by atoms with Crippen LogP contribution in [0.15, 0.2) is 0 Å². The zero-order valence-electron chi connectivity index (χ0n) is 51.0. The second kappa shape index (κ2) is 57.3. The number of carbonyl (C=O) groups is 1. The lowest BCUT2D eigenvalue weighted by Gasteiger charge is -2.39. The molecule has 1 fully saturated rings. The standard InChI is InChI=1S/C64H128NO11P/c1-5-9-13-17-21-23-25-34-43-53-71-60(67)49-39-31-27-32-40-50-65(52-42-46-54-72-64-63(70)62(69)61(68)59(57-66)75-64)51-41-33-28-36-45-56-74-77(73-55-44-35-26-24-22-18-14-10-6-2)76-58(47-37-29-19-15-11-7-3)48-38-30-20-16-12-8-4/h58-59,61-64,66,68-70H,5-57H2,1-4H3/t59?,61-,62?,63?,64+,77?/m1/s1. The van der Waals surface area contributed by atoms with Gasteiger partial charge >= 0.3 is 14.6 Å². The van der Waals surface area contributed by atoms with Crippen molar-refractivity contribution in [2.75, 3.05) is 52.7 Å². The third-order valence-corrected chi connectivity index (χ3v) is 16.9. The van der Waals surface area contributed by atoms with Crippen molar-refractivity contribution in [3.8, 4) is 0 Å². The molecule has 1 heterocycles. The Morgan fingerprint density at radius 1 is 0.442 bits per heavy atom. The fourth-order valence-electron chi connectivity index (χ4n) is 10.4. The van der Waals surface area contributed by atoms with E-state index in [4.69, 9.17) is 27.8 Å². The molecule has 1 rings (SSSR count). The zero-order chi connectivity index (χ0) is 55.9. The highest BCUT2D eigenvalue weighted by Gasteiger charge is 2.44. The molecule has 12 nitrogen and oxygen atoms in total. The number of aliphatic hydroxyl groups is 4. The largest absolute Gasteiger partial charge is 0.466 e. The minimum absolute atomic E-state index is 0.0484. The highest BCUT2D eigenvalue weighted by atomic mass is 31.2.